The zero-order chi connectivity index (χ0) is 26.8. The number of nitrogens with one attached hydrogen (secondary N) is 1. The molecule has 38 heavy (non-hydrogen) atoms. The van der Waals surface area contributed by atoms with Crippen molar-refractivity contribution in [1.29, 1.82) is 0 Å². The zero-order valence-electron chi connectivity index (χ0n) is 21.5. The molecule has 0 radical (unpaired) electrons. The van der Waals surface area contributed by atoms with Gasteiger partial charge in [0.1, 0.15) is 23.7 Å². The number of hydrogen-bond acceptors (Lipinski definition) is 8. The Kier molecular flexibility index (Phi) is 7.15. The van der Waals surface area contributed by atoms with Crippen LogP contribution in [0.4, 0.5) is 0 Å². The second kappa shape index (κ2) is 10.7. The second-order valence-corrected chi connectivity index (χ2v) is 9.40. The van der Waals surface area contributed by atoms with Crippen LogP contribution < -0.4 is 15.5 Å². The molecule has 0 amide bonds. The highest BCUT2D eigenvalue weighted by Gasteiger charge is 2.46. The molecule has 2 aliphatic rings. The highest BCUT2D eigenvalue weighted by Crippen LogP contribution is 2.46. The Bertz CT molecular complexity index is 1520. The Morgan fingerprint density at radius 2 is 1.76 bits per heavy atom. The lowest BCUT2D eigenvalue weighted by Crippen LogP contribution is -2.43. The molecule has 8 heteroatoms. The van der Waals surface area contributed by atoms with Gasteiger partial charge < -0.3 is 23.9 Å². The summed E-state index contributed by atoms with van der Waals surface area (Å²) >= 11 is 0. The first-order valence-electron chi connectivity index (χ1n) is 12.5. The number of esters is 1. The van der Waals surface area contributed by atoms with Crippen molar-refractivity contribution in [3.8, 4) is 5.75 Å². The molecule has 8 nitrogen and oxygen atoms in total. The van der Waals surface area contributed by atoms with Crippen molar-refractivity contribution in [3.63, 3.8) is 0 Å². The Morgan fingerprint density at radius 3 is 2.55 bits per heavy atom. The number of allylic oxidation sites excluding steroid dienone is 3. The number of ether oxygens (including phenoxy) is 3. The fraction of sp³-hybridized carbons (Fsp3) is 0.300. The SMILES string of the molecule is COCCOC(=O)C1=C(C)NC2=CC(c3ccccc3OC)CC(=O)C2C1c1coc2ccccc2c1=O. The predicted molar refractivity (Wildman–Crippen MR) is 141 cm³/mol. The van der Waals surface area contributed by atoms with Crippen LogP contribution in [0.5, 0.6) is 5.75 Å². The van der Waals surface area contributed by atoms with Gasteiger partial charge in [0.05, 0.1) is 36.9 Å². The number of rotatable bonds is 7. The molecule has 3 aromatic rings. The number of ketones is 1. The fourth-order valence-electron chi connectivity index (χ4n) is 5.46. The molecule has 0 saturated carbocycles. The van der Waals surface area contributed by atoms with Crippen molar-refractivity contribution >= 4 is 22.7 Å². The van der Waals surface area contributed by atoms with Crippen LogP contribution in [0.1, 0.15) is 36.3 Å². The van der Waals surface area contributed by atoms with E-state index < -0.39 is 17.8 Å². The molecule has 0 saturated heterocycles. The van der Waals surface area contributed by atoms with E-state index >= 15 is 0 Å². The molecule has 0 spiro atoms. The van der Waals surface area contributed by atoms with Crippen molar-refractivity contribution in [2.24, 2.45) is 5.92 Å². The summed E-state index contributed by atoms with van der Waals surface area (Å²) in [5.41, 5.74) is 2.67. The number of carbonyl (C=O) groups excluding carboxylic acids is 2. The van der Waals surface area contributed by atoms with Gasteiger partial charge in [0, 0.05) is 47.9 Å². The third kappa shape index (κ3) is 4.52. The highest BCUT2D eigenvalue weighted by atomic mass is 16.6. The lowest BCUT2D eigenvalue weighted by Gasteiger charge is -2.39. The summed E-state index contributed by atoms with van der Waals surface area (Å²) < 4.78 is 21.8. The van der Waals surface area contributed by atoms with Crippen molar-refractivity contribution in [2.45, 2.75) is 25.2 Å². The fourth-order valence-corrected chi connectivity index (χ4v) is 5.46. The first-order chi connectivity index (χ1) is 18.4. The Morgan fingerprint density at radius 1 is 1.00 bits per heavy atom. The molecule has 3 unspecified atom stereocenters. The summed E-state index contributed by atoms with van der Waals surface area (Å²) in [4.78, 5) is 40.9. The van der Waals surface area contributed by atoms with Gasteiger partial charge >= 0.3 is 5.97 Å². The van der Waals surface area contributed by atoms with Crippen LogP contribution in [0.15, 0.2) is 87.0 Å². The molecule has 3 atom stereocenters. The molecule has 196 valence electrons. The van der Waals surface area contributed by atoms with Crippen molar-refractivity contribution in [1.82, 2.24) is 5.32 Å². The minimum atomic E-state index is -0.871. The maximum absolute atomic E-state index is 13.9. The molecule has 0 bridgehead atoms. The quantitative estimate of drug-likeness (QED) is 0.369. The van der Waals surface area contributed by atoms with E-state index in [0.29, 0.717) is 28.1 Å². The second-order valence-electron chi connectivity index (χ2n) is 9.40. The molecule has 1 aliphatic heterocycles. The van der Waals surface area contributed by atoms with Crippen molar-refractivity contribution < 1.29 is 28.2 Å². The summed E-state index contributed by atoms with van der Waals surface area (Å²) in [5, 5.41) is 3.66. The molecule has 2 aromatic carbocycles. The number of benzene rings is 2. The standard InChI is InChI=1S/C30H29NO7/c1-17-26(30(34)37-13-12-35-2)27(21-16-38-25-11-7-5-9-20(25)29(21)33)28-22(31-17)14-18(15-23(28)32)19-8-4-6-10-24(19)36-3/h4-11,14,16,18,27-28,31H,12-13,15H2,1-3H3. The third-order valence-corrected chi connectivity index (χ3v) is 7.18. The Hall–Kier alpha value is -4.17. The van der Waals surface area contributed by atoms with Gasteiger partial charge in [0.15, 0.2) is 5.43 Å². The maximum atomic E-state index is 13.9. The molecule has 1 aliphatic carbocycles. The van der Waals surface area contributed by atoms with Gasteiger partial charge in [0.25, 0.3) is 0 Å². The van der Waals surface area contributed by atoms with E-state index in [-0.39, 0.29) is 47.9 Å². The van der Waals surface area contributed by atoms with Crippen LogP contribution in [0.3, 0.4) is 0 Å². The minimum Gasteiger partial charge on any atom is -0.496 e. The van der Waals surface area contributed by atoms with E-state index in [1.54, 1.807) is 38.3 Å². The summed E-state index contributed by atoms with van der Waals surface area (Å²) in [5.74, 6) is -1.89. The average Bonchev–Trinajstić information content (AvgIpc) is 2.92. The maximum Gasteiger partial charge on any atom is 0.336 e. The number of para-hydroxylation sites is 2. The van der Waals surface area contributed by atoms with Crippen LogP contribution in [0.2, 0.25) is 0 Å². The largest absolute Gasteiger partial charge is 0.496 e. The van der Waals surface area contributed by atoms with Gasteiger partial charge in [-0.25, -0.2) is 4.79 Å². The van der Waals surface area contributed by atoms with E-state index in [9.17, 15) is 14.4 Å². The number of carbonyl (C=O) groups is 2. The predicted octanol–water partition coefficient (Wildman–Crippen LogP) is 4.21. The van der Waals surface area contributed by atoms with E-state index in [4.69, 9.17) is 18.6 Å². The smallest absolute Gasteiger partial charge is 0.336 e. The normalized spacial score (nSPS) is 21.0. The number of methoxy groups -OCH3 is 2. The molecular formula is C30H29NO7. The first kappa shape index (κ1) is 25.5. The van der Waals surface area contributed by atoms with Gasteiger partial charge in [-0.05, 0) is 25.1 Å². The average molecular weight is 516 g/mol. The van der Waals surface area contributed by atoms with Crippen LogP contribution in [0.25, 0.3) is 11.0 Å². The van der Waals surface area contributed by atoms with Crippen molar-refractivity contribution in [3.05, 3.63) is 99.2 Å². The molecule has 1 N–H and O–H groups in total. The van der Waals surface area contributed by atoms with Crippen molar-refractivity contribution in [2.75, 3.05) is 27.4 Å². The topological polar surface area (TPSA) is 104 Å². The lowest BCUT2D eigenvalue weighted by atomic mass is 9.68. The highest BCUT2D eigenvalue weighted by molar-refractivity contribution is 5.96. The number of hydrogen-bond donors (Lipinski definition) is 1. The first-order valence-corrected chi connectivity index (χ1v) is 12.5. The molecule has 2 heterocycles. The lowest BCUT2D eigenvalue weighted by molar-refractivity contribution is -0.141. The Labute approximate surface area is 219 Å². The van der Waals surface area contributed by atoms with Crippen LogP contribution in [-0.4, -0.2) is 39.2 Å². The molecular weight excluding hydrogens is 486 g/mol. The van der Waals surface area contributed by atoms with Gasteiger partial charge in [0.2, 0.25) is 0 Å². The monoisotopic (exact) mass is 515 g/mol. The Balaban J connectivity index is 1.66. The molecule has 0 fully saturated rings. The van der Waals surface area contributed by atoms with Crippen LogP contribution in [0, 0.1) is 5.92 Å². The summed E-state index contributed by atoms with van der Waals surface area (Å²) in [7, 11) is 3.11. The zero-order valence-corrected chi connectivity index (χ0v) is 21.5. The molecule has 1 aromatic heterocycles. The van der Waals surface area contributed by atoms with E-state index in [1.165, 1.54) is 13.4 Å². The third-order valence-electron chi connectivity index (χ3n) is 7.18. The summed E-state index contributed by atoms with van der Waals surface area (Å²) in [6, 6.07) is 14.5. The summed E-state index contributed by atoms with van der Waals surface area (Å²) in [6.45, 7) is 2.02. The van der Waals surface area contributed by atoms with E-state index in [1.807, 2.05) is 30.3 Å². The minimum absolute atomic E-state index is 0.0440. The van der Waals surface area contributed by atoms with Crippen LogP contribution >= 0.6 is 0 Å². The van der Waals surface area contributed by atoms with Gasteiger partial charge in [-0.2, -0.15) is 0 Å². The summed E-state index contributed by atoms with van der Waals surface area (Å²) in [6.07, 6.45) is 3.56. The van der Waals surface area contributed by atoms with Crippen LogP contribution in [-0.2, 0) is 19.1 Å². The van der Waals surface area contributed by atoms with E-state index in [2.05, 4.69) is 5.32 Å². The van der Waals surface area contributed by atoms with Gasteiger partial charge in [-0.1, -0.05) is 36.4 Å². The molecule has 5 rings (SSSR count). The van der Waals surface area contributed by atoms with E-state index in [0.717, 1.165) is 5.56 Å². The van der Waals surface area contributed by atoms with Gasteiger partial charge in [-0.3, -0.25) is 9.59 Å². The number of Topliss-reactive ketones (excluding diaryl/α,β-unsaturated/α-hetero) is 1. The number of fused-ring (bicyclic) bond motifs is 2. The van der Waals surface area contributed by atoms with Gasteiger partial charge in [-0.15, -0.1) is 0 Å².